The summed E-state index contributed by atoms with van der Waals surface area (Å²) in [5, 5.41) is 43.6. The summed E-state index contributed by atoms with van der Waals surface area (Å²) in [5.41, 5.74) is 7.32. The van der Waals surface area contributed by atoms with Gasteiger partial charge >= 0.3 is 12.7 Å². The molecule has 2 N–H and O–H groups in total. The van der Waals surface area contributed by atoms with Crippen molar-refractivity contribution in [2.24, 2.45) is 0 Å². The van der Waals surface area contributed by atoms with Crippen LogP contribution in [0, 0.1) is 17.5 Å². The molecule has 17 rings (SSSR count). The number of sulfonamides is 3. The van der Waals surface area contributed by atoms with E-state index in [-0.39, 0.29) is 101 Å². The van der Waals surface area contributed by atoms with Gasteiger partial charge in [0.25, 0.3) is 20.0 Å². The summed E-state index contributed by atoms with van der Waals surface area (Å²) >= 11 is 0. The standard InChI is InChI=1S/C37H28F4N4O5S.C37H31FN4O5S.C35H32F4N4O4S/c1-25(46)27-10-12-28(13-11-27)29-14-19-35(34(21-29)50-37(39,40)41)51(47,48)45(31-15-17-33(18-16-31)49-32-8-3-2-4-9-32)23-36-43-42-24-44(36)22-26-6-5-7-30(38)20-26;1-26(43)28-11-13-29(14-12-28)30-15-20-35(46-2)36(22-30)48(44,45)42(32-16-18-34(19-17-32)47-33-9-4-3-5-10-33)24-37-40-39-25-41(37)23-27-7-6-8-31(38)21-27;1-25(44)28-13-15-29(16-14-28)30-17-18-33(32(21-30)47-35(37,38)39)48(45,46)43(19-6-5-10-26-8-3-2-4-9-26)23-34-41-40-24-42(34)22-27-11-7-12-31(36)20-27/h2-21,24,46H,1,22-23H2;3-22,25H,23-24H2,1-2H3;2-4,7-9,11-18,20-21,24,44H,1,5-6,10,19,22-23H2. The highest BCUT2D eigenvalue weighted by atomic mass is 32.2. The van der Waals surface area contributed by atoms with E-state index >= 15 is 0 Å². The highest BCUT2D eigenvalue weighted by Gasteiger charge is 2.40. The maximum Gasteiger partial charge on any atom is 0.573 e. The summed E-state index contributed by atoms with van der Waals surface area (Å²) in [4.78, 5) is 10.3. The Morgan fingerprint density at radius 1 is 0.361 bits per heavy atom. The molecule has 752 valence electrons. The van der Waals surface area contributed by atoms with Crippen LogP contribution in [0.2, 0.25) is 0 Å². The summed E-state index contributed by atoms with van der Waals surface area (Å²) in [6, 6.07) is 89.1. The number of carbonyl (C=O) groups excluding carboxylic acids is 1. The second kappa shape index (κ2) is 46.6. The Bertz CT molecular complexity index is 7840. The van der Waals surface area contributed by atoms with E-state index in [9.17, 15) is 79.8 Å². The van der Waals surface area contributed by atoms with Crippen LogP contribution in [0.15, 0.2) is 387 Å². The number of anilines is 2. The number of alkyl halides is 6. The second-order valence-electron chi connectivity index (χ2n) is 33.1. The molecular formula is C109H91F9N12O14S3. The number of halogens is 9. The number of ether oxygens (including phenoxy) is 5. The molecule has 17 aromatic rings. The average molecular weight is 2060 g/mol. The van der Waals surface area contributed by atoms with Crippen molar-refractivity contribution >= 4 is 58.7 Å². The van der Waals surface area contributed by atoms with Crippen LogP contribution in [0.4, 0.5) is 50.9 Å². The Morgan fingerprint density at radius 2 is 0.701 bits per heavy atom. The van der Waals surface area contributed by atoms with Gasteiger partial charge in [-0.2, -0.15) is 4.31 Å². The van der Waals surface area contributed by atoms with Crippen LogP contribution in [0.25, 0.3) is 44.9 Å². The highest BCUT2D eigenvalue weighted by Crippen LogP contribution is 2.43. The first-order valence-corrected chi connectivity index (χ1v) is 49.4. The molecule has 0 saturated carbocycles. The molecule has 14 aromatic carbocycles. The summed E-state index contributed by atoms with van der Waals surface area (Å²) < 4.78 is 245. The predicted octanol–water partition coefficient (Wildman–Crippen LogP) is 24.1. The molecule has 147 heavy (non-hydrogen) atoms. The summed E-state index contributed by atoms with van der Waals surface area (Å²) in [6.07, 6.45) is -4.56. The van der Waals surface area contributed by atoms with E-state index < -0.39 is 82.3 Å². The largest absolute Gasteiger partial charge is 0.573 e. The number of benzene rings is 14. The molecule has 0 aliphatic heterocycles. The van der Waals surface area contributed by atoms with Crippen molar-refractivity contribution in [1.82, 2.24) is 48.6 Å². The summed E-state index contributed by atoms with van der Waals surface area (Å²) in [6.45, 7) is 7.81. The molecule has 0 atom stereocenters. The molecule has 0 saturated heterocycles. The van der Waals surface area contributed by atoms with Crippen LogP contribution in [-0.4, -0.2) is 116 Å². The molecule has 3 aromatic heterocycles. The molecule has 0 aliphatic rings. The van der Waals surface area contributed by atoms with Gasteiger partial charge in [-0.15, -0.1) is 56.9 Å². The number of aromatic nitrogens is 9. The van der Waals surface area contributed by atoms with E-state index in [1.807, 2.05) is 66.7 Å². The van der Waals surface area contributed by atoms with Crippen LogP contribution in [0.5, 0.6) is 40.2 Å². The van der Waals surface area contributed by atoms with E-state index in [2.05, 4.69) is 53.2 Å². The van der Waals surface area contributed by atoms with Gasteiger partial charge in [0.05, 0.1) is 57.8 Å². The van der Waals surface area contributed by atoms with Crippen LogP contribution < -0.4 is 32.3 Å². The van der Waals surface area contributed by atoms with Gasteiger partial charge < -0.3 is 47.6 Å². The van der Waals surface area contributed by atoms with E-state index in [0.717, 1.165) is 44.0 Å². The topological polar surface area (TPSA) is 308 Å². The number of aliphatic hydroxyl groups excluding tert-OH is 2. The van der Waals surface area contributed by atoms with Gasteiger partial charge in [-0.25, -0.2) is 38.4 Å². The maximum atomic E-state index is 14.7. The van der Waals surface area contributed by atoms with Crippen molar-refractivity contribution in [2.75, 3.05) is 22.3 Å². The summed E-state index contributed by atoms with van der Waals surface area (Å²) in [7, 11) is -12.4. The Labute approximate surface area is 840 Å². The monoisotopic (exact) mass is 2060 g/mol. The molecule has 0 amide bonds. The zero-order valence-electron chi connectivity index (χ0n) is 78.3. The predicted molar refractivity (Wildman–Crippen MR) is 535 cm³/mol. The number of aryl methyl sites for hydroxylation is 1. The van der Waals surface area contributed by atoms with Gasteiger partial charge in [-0.3, -0.25) is 13.4 Å². The smallest absolute Gasteiger partial charge is 0.508 e. The Morgan fingerprint density at radius 3 is 1.07 bits per heavy atom. The number of carbonyl (C=O) groups is 1. The third-order valence-electron chi connectivity index (χ3n) is 22.9. The number of aliphatic hydroxyl groups is 2. The number of unbranched alkanes of at least 4 members (excludes halogenated alkanes) is 1. The minimum absolute atomic E-state index is 0.0400. The number of rotatable bonds is 38. The molecule has 0 radical (unpaired) electrons. The normalized spacial score (nSPS) is 11.6. The van der Waals surface area contributed by atoms with Gasteiger partial charge in [-0.1, -0.05) is 207 Å². The first kappa shape index (κ1) is 104. The van der Waals surface area contributed by atoms with Crippen molar-refractivity contribution in [3.63, 3.8) is 0 Å². The molecule has 0 fully saturated rings. The van der Waals surface area contributed by atoms with E-state index in [1.165, 1.54) is 157 Å². The number of para-hydroxylation sites is 2. The van der Waals surface area contributed by atoms with Gasteiger partial charge in [0.1, 0.15) is 103 Å². The number of ketones is 1. The van der Waals surface area contributed by atoms with Gasteiger partial charge in [0.2, 0.25) is 10.0 Å². The molecule has 0 bridgehead atoms. The maximum absolute atomic E-state index is 14.7. The molecule has 26 nitrogen and oxygen atoms in total. The quantitative estimate of drug-likeness (QED) is 0.0157. The zero-order chi connectivity index (χ0) is 104. The lowest BCUT2D eigenvalue weighted by Crippen LogP contribution is -2.33. The number of methoxy groups -OCH3 is 1. The molecule has 3 heterocycles. The van der Waals surface area contributed by atoms with Crippen molar-refractivity contribution in [2.45, 2.75) is 92.9 Å². The van der Waals surface area contributed by atoms with Gasteiger partial charge in [0, 0.05) is 23.2 Å². The van der Waals surface area contributed by atoms with Gasteiger partial charge in [0.15, 0.2) is 23.2 Å². The summed E-state index contributed by atoms with van der Waals surface area (Å²) in [5.74, 6) is -0.734. The van der Waals surface area contributed by atoms with E-state index in [4.69, 9.17) is 14.2 Å². The minimum Gasteiger partial charge on any atom is -0.508 e. The highest BCUT2D eigenvalue weighted by molar-refractivity contribution is 7.93. The number of Topliss-reactive ketones (excluding diaryl/α,β-unsaturated/α-hetero) is 1. The lowest BCUT2D eigenvalue weighted by Gasteiger charge is -2.26. The average Bonchev–Trinajstić information content (AvgIpc) is 1.63. The third kappa shape index (κ3) is 27.5. The molecular weight excluding hydrogens is 1970 g/mol. The Kier molecular flexibility index (Phi) is 33.1. The fourth-order valence-corrected chi connectivity index (χ4v) is 20.2. The van der Waals surface area contributed by atoms with E-state index in [0.29, 0.717) is 104 Å². The fourth-order valence-electron chi connectivity index (χ4n) is 15.5. The minimum atomic E-state index is -5.24. The first-order chi connectivity index (χ1) is 70.4. The lowest BCUT2D eigenvalue weighted by molar-refractivity contribution is -0.276. The Hall–Kier alpha value is -17.0. The third-order valence-corrected chi connectivity index (χ3v) is 28.4. The fraction of sp³-hybridized carbons (Fsp3) is 0.128. The van der Waals surface area contributed by atoms with Crippen molar-refractivity contribution < 1.29 is 103 Å². The van der Waals surface area contributed by atoms with Crippen LogP contribution >= 0.6 is 0 Å². The molecule has 0 unspecified atom stereocenters. The van der Waals surface area contributed by atoms with Crippen LogP contribution in [-0.2, 0) is 75.8 Å². The van der Waals surface area contributed by atoms with Crippen LogP contribution in [0.1, 0.15) is 81.0 Å². The number of hydrogen-bond donors (Lipinski definition) is 2. The zero-order valence-corrected chi connectivity index (χ0v) is 80.8. The van der Waals surface area contributed by atoms with Crippen molar-refractivity contribution in [1.29, 1.82) is 0 Å². The van der Waals surface area contributed by atoms with Gasteiger partial charge in [-0.05, 0) is 227 Å². The number of nitrogens with zero attached hydrogens (tertiary/aromatic N) is 12. The van der Waals surface area contributed by atoms with Crippen LogP contribution in [0.3, 0.4) is 0 Å². The Balaban J connectivity index is 0.000000165. The van der Waals surface area contributed by atoms with E-state index in [1.54, 1.807) is 143 Å². The molecule has 0 aliphatic carbocycles. The number of hydrogen-bond acceptors (Lipinski definition) is 20. The second-order valence-corrected chi connectivity index (χ2v) is 38.7. The molecule has 38 heteroatoms. The lowest BCUT2D eigenvalue weighted by atomic mass is 10.0. The molecule has 0 spiro atoms. The first-order valence-electron chi connectivity index (χ1n) is 45.1. The van der Waals surface area contributed by atoms with Crippen molar-refractivity contribution in [3.05, 3.63) is 446 Å². The SMILES string of the molecule is C=C(O)c1ccc(-c2ccc(S(=O)(=O)N(CCCCc3ccccc3)Cc3nncn3Cc3cccc(F)c3)c(OC(F)(F)F)c2)cc1.C=C(O)c1ccc(-c2ccc(S(=O)(=O)N(Cc3nncn3Cc3cccc(F)c3)c3ccc(Oc4ccccc4)cc3)c(OC(F)(F)F)c2)cc1.COc1ccc(-c2ccc(C(C)=O)cc2)cc1S(=O)(=O)N(Cc1nncn1Cc1cccc(F)c1)c1ccc(Oc2ccccc2)cc1. The van der Waals surface area contributed by atoms with Crippen molar-refractivity contribution in [3.8, 4) is 73.6 Å².